The topological polar surface area (TPSA) is 59.3 Å². The summed E-state index contributed by atoms with van der Waals surface area (Å²) in [6, 6.07) is 5.42. The number of carbonyl (C=O) groups excluding carboxylic acids is 1. The number of benzene rings is 1. The van der Waals surface area contributed by atoms with E-state index in [0.717, 1.165) is 11.8 Å². The zero-order chi connectivity index (χ0) is 10.7. The summed E-state index contributed by atoms with van der Waals surface area (Å²) >= 11 is 0. The number of ether oxygens (including phenoxy) is 2. The predicted molar refractivity (Wildman–Crippen MR) is 52.1 cm³/mol. The molecule has 1 aromatic rings. The van der Waals surface area contributed by atoms with Crippen LogP contribution in [0.25, 0.3) is 0 Å². The van der Waals surface area contributed by atoms with Crippen molar-refractivity contribution in [3.8, 4) is 17.6 Å². The van der Waals surface area contributed by atoms with E-state index in [-0.39, 0.29) is 6.42 Å². The number of carbonyl (C=O) groups is 1. The smallest absolute Gasteiger partial charge is 0.172 e. The number of nitriles is 1. The first-order valence-corrected chi connectivity index (χ1v) is 4.60. The second-order valence-corrected chi connectivity index (χ2v) is 3.12. The Morgan fingerprint density at radius 3 is 2.73 bits per heavy atom. The van der Waals surface area contributed by atoms with Gasteiger partial charge in [-0.25, -0.2) is 0 Å². The normalized spacial score (nSPS) is 13.0. The molecule has 0 unspecified atom stereocenters. The van der Waals surface area contributed by atoms with Gasteiger partial charge in [0.2, 0.25) is 0 Å². The lowest BCUT2D eigenvalue weighted by Crippen LogP contribution is -2.17. The van der Waals surface area contributed by atoms with E-state index in [9.17, 15) is 4.79 Å². The lowest BCUT2D eigenvalue weighted by atomic mass is 10.1. The minimum atomic E-state index is 0.255. The number of nitrogens with zero attached hydrogens (tertiary/aromatic N) is 1. The molecule has 0 radical (unpaired) electrons. The number of rotatable bonds is 2. The fraction of sp³-hybridized carbons (Fsp3) is 0.273. The minimum absolute atomic E-state index is 0.255. The quantitative estimate of drug-likeness (QED) is 0.680. The third-order valence-corrected chi connectivity index (χ3v) is 2.20. The summed E-state index contributed by atoms with van der Waals surface area (Å²) in [5.74, 6) is 0.997. The van der Waals surface area contributed by atoms with Crippen LogP contribution in [0.2, 0.25) is 0 Å². The number of aldehydes is 1. The van der Waals surface area contributed by atoms with E-state index in [1.165, 1.54) is 0 Å². The second kappa shape index (κ2) is 4.01. The van der Waals surface area contributed by atoms with Crippen molar-refractivity contribution in [2.75, 3.05) is 13.2 Å². The zero-order valence-electron chi connectivity index (χ0n) is 8.03. The summed E-state index contributed by atoms with van der Waals surface area (Å²) in [7, 11) is 0. The van der Waals surface area contributed by atoms with Gasteiger partial charge in [0.1, 0.15) is 13.2 Å². The Hall–Kier alpha value is -2.02. The van der Waals surface area contributed by atoms with E-state index in [4.69, 9.17) is 14.7 Å². The van der Waals surface area contributed by atoms with Crippen molar-refractivity contribution in [2.45, 2.75) is 6.42 Å². The van der Waals surface area contributed by atoms with Crippen LogP contribution in [0.4, 0.5) is 0 Å². The summed E-state index contributed by atoms with van der Waals surface area (Å²) in [5.41, 5.74) is 1.23. The van der Waals surface area contributed by atoms with Crippen LogP contribution >= 0.6 is 0 Å². The van der Waals surface area contributed by atoms with Crippen molar-refractivity contribution in [1.82, 2.24) is 0 Å². The first-order chi connectivity index (χ1) is 7.36. The molecule has 1 aliphatic rings. The van der Waals surface area contributed by atoms with Crippen LogP contribution in [-0.2, 0) is 6.42 Å². The summed E-state index contributed by atoms with van der Waals surface area (Å²) in [6.07, 6.45) is 0.981. The Bertz CT molecular complexity index is 434. The van der Waals surface area contributed by atoms with Gasteiger partial charge in [-0.1, -0.05) is 6.07 Å². The van der Waals surface area contributed by atoms with E-state index in [1.54, 1.807) is 12.1 Å². The molecule has 15 heavy (non-hydrogen) atoms. The van der Waals surface area contributed by atoms with Crippen LogP contribution < -0.4 is 9.47 Å². The highest BCUT2D eigenvalue weighted by atomic mass is 16.6. The van der Waals surface area contributed by atoms with Crippen LogP contribution in [0.15, 0.2) is 12.1 Å². The predicted octanol–water partition coefficient (Wildman–Crippen LogP) is 1.34. The second-order valence-electron chi connectivity index (χ2n) is 3.12. The van der Waals surface area contributed by atoms with Gasteiger partial charge in [0.25, 0.3) is 0 Å². The third-order valence-electron chi connectivity index (χ3n) is 2.20. The summed E-state index contributed by atoms with van der Waals surface area (Å²) in [4.78, 5) is 10.7. The molecule has 0 spiro atoms. The van der Waals surface area contributed by atoms with Gasteiger partial charge in [-0.3, -0.25) is 4.79 Å². The van der Waals surface area contributed by atoms with Gasteiger partial charge in [0.15, 0.2) is 17.8 Å². The van der Waals surface area contributed by atoms with Gasteiger partial charge >= 0.3 is 0 Å². The Morgan fingerprint density at radius 1 is 1.33 bits per heavy atom. The van der Waals surface area contributed by atoms with Crippen LogP contribution in [0, 0.1) is 11.3 Å². The van der Waals surface area contributed by atoms with Gasteiger partial charge in [-0.2, -0.15) is 5.26 Å². The Labute approximate surface area is 87.0 Å². The molecular formula is C11H9NO3. The maximum absolute atomic E-state index is 10.7. The van der Waals surface area contributed by atoms with Crippen LogP contribution in [0.1, 0.15) is 15.9 Å². The average molecular weight is 203 g/mol. The minimum Gasteiger partial charge on any atom is -0.486 e. The molecule has 0 aliphatic carbocycles. The van der Waals surface area contributed by atoms with E-state index >= 15 is 0 Å². The van der Waals surface area contributed by atoms with Crippen LogP contribution in [0.3, 0.4) is 0 Å². The fourth-order valence-corrected chi connectivity index (χ4v) is 1.53. The van der Waals surface area contributed by atoms with Crippen molar-refractivity contribution in [2.24, 2.45) is 0 Å². The molecular weight excluding hydrogens is 194 g/mol. The molecule has 0 aromatic heterocycles. The largest absolute Gasteiger partial charge is 0.486 e. The number of fused-ring (bicyclic) bond motifs is 1. The third kappa shape index (κ3) is 1.64. The van der Waals surface area contributed by atoms with Gasteiger partial charge < -0.3 is 9.47 Å². The van der Waals surface area contributed by atoms with Gasteiger partial charge in [-0.05, 0) is 6.07 Å². The average Bonchev–Trinajstić information content (AvgIpc) is 2.30. The van der Waals surface area contributed by atoms with E-state index in [1.807, 2.05) is 6.07 Å². The van der Waals surface area contributed by atoms with Crippen molar-refractivity contribution in [3.63, 3.8) is 0 Å². The summed E-state index contributed by atoms with van der Waals surface area (Å²) < 4.78 is 10.8. The highest BCUT2D eigenvalue weighted by Gasteiger charge is 2.19. The first-order valence-electron chi connectivity index (χ1n) is 4.60. The molecule has 0 atom stereocenters. The molecule has 0 fully saturated rings. The van der Waals surface area contributed by atoms with Crippen molar-refractivity contribution < 1.29 is 14.3 Å². The molecule has 4 nitrogen and oxygen atoms in total. The molecule has 0 amide bonds. The zero-order valence-corrected chi connectivity index (χ0v) is 8.03. The molecule has 1 heterocycles. The maximum atomic E-state index is 10.7. The highest BCUT2D eigenvalue weighted by molar-refractivity contribution is 5.82. The van der Waals surface area contributed by atoms with E-state index in [2.05, 4.69) is 0 Å². The molecule has 0 saturated carbocycles. The van der Waals surface area contributed by atoms with Crippen molar-refractivity contribution in [1.29, 1.82) is 5.26 Å². The van der Waals surface area contributed by atoms with Gasteiger partial charge in [-0.15, -0.1) is 0 Å². The SMILES string of the molecule is N#CCc1ccc(C=O)c2c1OCCO2. The van der Waals surface area contributed by atoms with Crippen LogP contribution in [0.5, 0.6) is 11.5 Å². The van der Waals surface area contributed by atoms with Crippen molar-refractivity contribution >= 4 is 6.29 Å². The monoisotopic (exact) mass is 203 g/mol. The molecule has 1 aliphatic heterocycles. The number of hydrogen-bond donors (Lipinski definition) is 0. The molecule has 0 saturated heterocycles. The van der Waals surface area contributed by atoms with E-state index in [0.29, 0.717) is 30.3 Å². The fourth-order valence-electron chi connectivity index (χ4n) is 1.53. The Kier molecular flexibility index (Phi) is 2.55. The Morgan fingerprint density at radius 2 is 2.07 bits per heavy atom. The molecule has 2 rings (SSSR count). The summed E-state index contributed by atoms with van der Waals surface area (Å²) in [5, 5.41) is 8.63. The number of hydrogen-bond acceptors (Lipinski definition) is 4. The molecule has 76 valence electrons. The first kappa shape index (κ1) is 9.53. The molecule has 4 heteroatoms. The standard InChI is InChI=1S/C11H9NO3/c12-4-3-8-1-2-9(7-13)11-10(8)14-5-6-15-11/h1-2,7H,3,5-6H2. The Balaban J connectivity index is 2.53. The van der Waals surface area contributed by atoms with Gasteiger partial charge in [0.05, 0.1) is 18.1 Å². The van der Waals surface area contributed by atoms with Crippen molar-refractivity contribution in [3.05, 3.63) is 23.3 Å². The molecule has 1 aromatic carbocycles. The molecule has 0 N–H and O–H groups in total. The van der Waals surface area contributed by atoms with Gasteiger partial charge in [0, 0.05) is 5.56 Å². The highest BCUT2D eigenvalue weighted by Crippen LogP contribution is 2.36. The lowest BCUT2D eigenvalue weighted by molar-refractivity contribution is 0.111. The molecule has 0 bridgehead atoms. The van der Waals surface area contributed by atoms with E-state index < -0.39 is 0 Å². The lowest BCUT2D eigenvalue weighted by Gasteiger charge is -2.21. The van der Waals surface area contributed by atoms with Crippen LogP contribution in [-0.4, -0.2) is 19.5 Å². The maximum Gasteiger partial charge on any atom is 0.172 e. The summed E-state index contributed by atoms with van der Waals surface area (Å²) in [6.45, 7) is 0.886.